The summed E-state index contributed by atoms with van der Waals surface area (Å²) in [6.45, 7) is 2.73. The molecule has 3 heterocycles. The van der Waals surface area contributed by atoms with Crippen LogP contribution >= 0.6 is 22.7 Å². The molecule has 2 amide bonds. The molecule has 0 bridgehead atoms. The van der Waals surface area contributed by atoms with Crippen LogP contribution in [0, 0.1) is 12.7 Å². The molecule has 0 saturated carbocycles. The first kappa shape index (κ1) is 21.6. The van der Waals surface area contributed by atoms with Crippen molar-refractivity contribution in [3.05, 3.63) is 70.1 Å². The standard InChI is InChI=1S/C23H19FN4O3S2/c1-13-27-19(20(33-13)14-5-7-15(24)8-6-14)23(30)28-9-10-31-18(28)11-25-22(29)16-3-2-4-17-21(16)32-12-26-17/h2-8,12,18H,9-11H2,1H3,(H,25,29). The van der Waals surface area contributed by atoms with E-state index in [0.717, 1.165) is 20.8 Å². The highest BCUT2D eigenvalue weighted by molar-refractivity contribution is 7.17. The number of fused-ring (bicyclic) bond motifs is 1. The van der Waals surface area contributed by atoms with Crippen LogP contribution in [0.5, 0.6) is 0 Å². The monoisotopic (exact) mass is 482 g/mol. The fourth-order valence-electron chi connectivity index (χ4n) is 3.77. The first-order valence-corrected chi connectivity index (χ1v) is 12.0. The van der Waals surface area contributed by atoms with E-state index in [2.05, 4.69) is 15.3 Å². The molecule has 1 N–H and O–H groups in total. The van der Waals surface area contributed by atoms with Crippen molar-refractivity contribution in [3.8, 4) is 10.4 Å². The number of thiazole rings is 2. The summed E-state index contributed by atoms with van der Waals surface area (Å²) in [7, 11) is 0. The van der Waals surface area contributed by atoms with Crippen LogP contribution in [0.4, 0.5) is 4.39 Å². The second kappa shape index (κ2) is 8.97. The largest absolute Gasteiger partial charge is 0.355 e. The second-order valence-electron chi connectivity index (χ2n) is 7.46. The minimum absolute atomic E-state index is 0.148. The number of carbonyl (C=O) groups excluding carboxylic acids is 2. The van der Waals surface area contributed by atoms with Gasteiger partial charge in [0.25, 0.3) is 11.8 Å². The predicted octanol–water partition coefficient (Wildman–Crippen LogP) is 4.10. The Kier molecular flexibility index (Phi) is 5.88. The Morgan fingerprint density at radius 3 is 2.88 bits per heavy atom. The number of carbonyl (C=O) groups is 2. The number of hydrogen-bond acceptors (Lipinski definition) is 7. The molecule has 2 aromatic carbocycles. The molecule has 1 fully saturated rings. The van der Waals surface area contributed by atoms with Crippen LogP contribution in [0.2, 0.25) is 0 Å². The van der Waals surface area contributed by atoms with E-state index in [0.29, 0.717) is 29.3 Å². The van der Waals surface area contributed by atoms with Crippen LogP contribution in [0.25, 0.3) is 20.7 Å². The van der Waals surface area contributed by atoms with Gasteiger partial charge in [-0.25, -0.2) is 14.4 Å². The number of rotatable bonds is 5. The number of benzene rings is 2. The fourth-order valence-corrected chi connectivity index (χ4v) is 5.48. The molecule has 0 radical (unpaired) electrons. The Labute approximate surface area is 196 Å². The van der Waals surface area contributed by atoms with Crippen molar-refractivity contribution in [2.45, 2.75) is 13.2 Å². The minimum Gasteiger partial charge on any atom is -0.355 e. The zero-order valence-corrected chi connectivity index (χ0v) is 19.2. The molecule has 168 valence electrons. The number of nitrogens with zero attached hydrogens (tertiary/aromatic N) is 3. The summed E-state index contributed by atoms with van der Waals surface area (Å²) in [6.07, 6.45) is -0.606. The number of nitrogens with one attached hydrogen (secondary N) is 1. The number of amides is 2. The van der Waals surface area contributed by atoms with Crippen molar-refractivity contribution < 1.29 is 18.7 Å². The van der Waals surface area contributed by atoms with Crippen molar-refractivity contribution in [2.24, 2.45) is 0 Å². The Bertz CT molecular complexity index is 1340. The maximum Gasteiger partial charge on any atom is 0.276 e. The topological polar surface area (TPSA) is 84.4 Å². The summed E-state index contributed by atoms with van der Waals surface area (Å²) in [5.74, 6) is -0.866. The third-order valence-corrected chi connectivity index (χ3v) is 7.23. The van der Waals surface area contributed by atoms with E-state index < -0.39 is 6.23 Å². The minimum atomic E-state index is -0.606. The smallest absolute Gasteiger partial charge is 0.276 e. The average molecular weight is 483 g/mol. The van der Waals surface area contributed by atoms with Gasteiger partial charge in [-0.2, -0.15) is 0 Å². The zero-order valence-electron chi connectivity index (χ0n) is 17.6. The van der Waals surface area contributed by atoms with E-state index in [1.165, 1.54) is 34.8 Å². The summed E-state index contributed by atoms with van der Waals surface area (Å²) in [5.41, 5.74) is 4.05. The second-order valence-corrected chi connectivity index (χ2v) is 9.52. The lowest BCUT2D eigenvalue weighted by Gasteiger charge is -2.23. The Morgan fingerprint density at radius 2 is 2.06 bits per heavy atom. The summed E-state index contributed by atoms with van der Waals surface area (Å²) >= 11 is 2.79. The summed E-state index contributed by atoms with van der Waals surface area (Å²) in [6, 6.07) is 11.4. The van der Waals surface area contributed by atoms with Crippen LogP contribution < -0.4 is 5.32 Å². The molecule has 7 nitrogen and oxygen atoms in total. The van der Waals surface area contributed by atoms with Crippen LogP contribution in [0.1, 0.15) is 25.9 Å². The van der Waals surface area contributed by atoms with Gasteiger partial charge in [0, 0.05) is 6.54 Å². The molecule has 10 heteroatoms. The molecule has 1 unspecified atom stereocenters. The average Bonchev–Trinajstić information content (AvgIpc) is 3.56. The van der Waals surface area contributed by atoms with Gasteiger partial charge in [0.05, 0.1) is 44.3 Å². The quantitative estimate of drug-likeness (QED) is 0.463. The number of ether oxygens (including phenoxy) is 1. The van der Waals surface area contributed by atoms with Crippen molar-refractivity contribution in [1.29, 1.82) is 0 Å². The van der Waals surface area contributed by atoms with Gasteiger partial charge in [-0.05, 0) is 36.8 Å². The number of aryl methyl sites for hydroxylation is 1. The molecule has 0 spiro atoms. The molecule has 4 aromatic rings. The maximum absolute atomic E-state index is 13.4. The summed E-state index contributed by atoms with van der Waals surface area (Å²) in [5, 5.41) is 3.61. The Balaban J connectivity index is 1.33. The maximum atomic E-state index is 13.4. The van der Waals surface area contributed by atoms with E-state index in [9.17, 15) is 14.0 Å². The van der Waals surface area contributed by atoms with Gasteiger partial charge in [-0.3, -0.25) is 9.59 Å². The Hall–Kier alpha value is -3.21. The number of halogens is 1. The normalized spacial score (nSPS) is 15.8. The first-order chi connectivity index (χ1) is 16.0. The molecule has 1 saturated heterocycles. The highest BCUT2D eigenvalue weighted by Gasteiger charge is 2.33. The van der Waals surface area contributed by atoms with E-state index in [1.807, 2.05) is 13.0 Å². The number of hydrogen-bond donors (Lipinski definition) is 1. The SMILES string of the molecule is Cc1nc(C(=O)N2CCOC2CNC(=O)c2cccc3ncsc23)c(-c2ccc(F)cc2)s1. The molecular weight excluding hydrogens is 463 g/mol. The fraction of sp³-hybridized carbons (Fsp3) is 0.217. The van der Waals surface area contributed by atoms with Crippen molar-refractivity contribution in [3.63, 3.8) is 0 Å². The third-order valence-electron chi connectivity index (χ3n) is 5.33. The van der Waals surface area contributed by atoms with Crippen LogP contribution in [0.3, 0.4) is 0 Å². The van der Waals surface area contributed by atoms with Crippen molar-refractivity contribution in [2.75, 3.05) is 19.7 Å². The Morgan fingerprint density at radius 1 is 1.24 bits per heavy atom. The van der Waals surface area contributed by atoms with Gasteiger partial charge < -0.3 is 15.0 Å². The molecule has 1 aliphatic rings. The van der Waals surface area contributed by atoms with E-state index >= 15 is 0 Å². The zero-order chi connectivity index (χ0) is 22.9. The van der Waals surface area contributed by atoms with E-state index in [-0.39, 0.29) is 24.2 Å². The van der Waals surface area contributed by atoms with Gasteiger partial charge >= 0.3 is 0 Å². The molecule has 0 aliphatic carbocycles. The highest BCUT2D eigenvalue weighted by Crippen LogP contribution is 2.32. The third kappa shape index (κ3) is 4.24. The number of aromatic nitrogens is 2. The van der Waals surface area contributed by atoms with E-state index in [1.54, 1.807) is 34.7 Å². The van der Waals surface area contributed by atoms with Gasteiger partial charge in [0.1, 0.15) is 17.7 Å². The van der Waals surface area contributed by atoms with Crippen LogP contribution in [0.15, 0.2) is 48.0 Å². The van der Waals surface area contributed by atoms with Gasteiger partial charge in [0.2, 0.25) is 0 Å². The van der Waals surface area contributed by atoms with Gasteiger partial charge in [-0.15, -0.1) is 22.7 Å². The molecule has 2 aromatic heterocycles. The molecule has 1 aliphatic heterocycles. The van der Waals surface area contributed by atoms with Crippen molar-refractivity contribution in [1.82, 2.24) is 20.2 Å². The molecule has 5 rings (SSSR count). The lowest BCUT2D eigenvalue weighted by atomic mass is 10.1. The van der Waals surface area contributed by atoms with Crippen LogP contribution in [-0.4, -0.2) is 52.6 Å². The molecule has 33 heavy (non-hydrogen) atoms. The predicted molar refractivity (Wildman–Crippen MR) is 125 cm³/mol. The lowest BCUT2D eigenvalue weighted by molar-refractivity contribution is 0.0277. The summed E-state index contributed by atoms with van der Waals surface area (Å²) in [4.78, 5) is 37.1. The summed E-state index contributed by atoms with van der Waals surface area (Å²) < 4.78 is 19.9. The molecule has 1 atom stereocenters. The van der Waals surface area contributed by atoms with Gasteiger partial charge in [-0.1, -0.05) is 18.2 Å². The highest BCUT2D eigenvalue weighted by atomic mass is 32.1. The molecular formula is C23H19FN4O3S2. The van der Waals surface area contributed by atoms with Crippen LogP contribution in [-0.2, 0) is 4.74 Å². The first-order valence-electron chi connectivity index (χ1n) is 10.3. The van der Waals surface area contributed by atoms with Crippen molar-refractivity contribution >= 4 is 44.7 Å². The van der Waals surface area contributed by atoms with Gasteiger partial charge in [0.15, 0.2) is 0 Å². The van der Waals surface area contributed by atoms with E-state index in [4.69, 9.17) is 4.74 Å². The lowest BCUT2D eigenvalue weighted by Crippen LogP contribution is -2.44.